The van der Waals surface area contributed by atoms with Crippen LogP contribution in [0.25, 0.3) is 0 Å². The van der Waals surface area contributed by atoms with Crippen molar-refractivity contribution in [2.75, 3.05) is 0 Å². The van der Waals surface area contributed by atoms with Crippen molar-refractivity contribution in [1.82, 2.24) is 0 Å². The normalized spacial score (nSPS) is 25.0. The minimum absolute atomic E-state index is 0.00394. The van der Waals surface area contributed by atoms with Crippen LogP contribution in [0.5, 0.6) is 0 Å². The molecule has 0 heterocycles. The molecule has 1 aliphatic carbocycles. The Morgan fingerprint density at radius 2 is 2.17 bits per heavy atom. The van der Waals surface area contributed by atoms with Crippen LogP contribution in [-0.4, -0.2) is 11.8 Å². The zero-order chi connectivity index (χ0) is 9.35. The van der Waals surface area contributed by atoms with Crippen molar-refractivity contribution in [3.63, 3.8) is 0 Å². The molecule has 0 aromatic carbocycles. The lowest BCUT2D eigenvalue weighted by atomic mass is 9.73. The number of carbonyl (C=O) groups excluding carboxylic acids is 1. The van der Waals surface area contributed by atoms with E-state index in [0.717, 1.165) is 12.0 Å². The summed E-state index contributed by atoms with van der Waals surface area (Å²) in [5.74, 6) is 0.224. The van der Waals surface area contributed by atoms with Crippen LogP contribution in [0.3, 0.4) is 0 Å². The van der Waals surface area contributed by atoms with E-state index in [1.54, 1.807) is 6.08 Å². The molecule has 1 aliphatic rings. The lowest BCUT2D eigenvalue weighted by Gasteiger charge is -2.33. The molecule has 0 saturated heterocycles. The Morgan fingerprint density at radius 1 is 1.58 bits per heavy atom. The molecule has 1 rings (SSSR count). The van der Waals surface area contributed by atoms with E-state index in [2.05, 4.69) is 13.8 Å². The number of rotatable bonds is 1. The van der Waals surface area contributed by atoms with E-state index in [1.807, 2.05) is 6.92 Å². The maximum absolute atomic E-state index is 11.1. The Kier molecular flexibility index (Phi) is 2.38. The standard InChI is InChI=1S/C10H17NO/c1-7(11)9-6-8(12)4-5-10(9,2)3/h6-7H,4-5,11H2,1-3H3. The molecule has 1 unspecified atom stereocenters. The zero-order valence-corrected chi connectivity index (χ0v) is 8.05. The van der Waals surface area contributed by atoms with Gasteiger partial charge < -0.3 is 5.73 Å². The fraction of sp³-hybridized carbons (Fsp3) is 0.700. The van der Waals surface area contributed by atoms with Crippen LogP contribution in [0.15, 0.2) is 11.6 Å². The topological polar surface area (TPSA) is 43.1 Å². The molecule has 0 fully saturated rings. The molecule has 68 valence electrons. The van der Waals surface area contributed by atoms with Gasteiger partial charge in [-0.05, 0) is 30.4 Å². The van der Waals surface area contributed by atoms with E-state index in [9.17, 15) is 4.79 Å². The Hall–Kier alpha value is -0.630. The number of ketones is 1. The van der Waals surface area contributed by atoms with Crippen LogP contribution in [0.2, 0.25) is 0 Å². The van der Waals surface area contributed by atoms with Crippen LogP contribution in [0, 0.1) is 5.41 Å². The summed E-state index contributed by atoms with van der Waals surface area (Å²) < 4.78 is 0. The highest BCUT2D eigenvalue weighted by molar-refractivity contribution is 5.91. The molecule has 0 amide bonds. The number of nitrogens with two attached hydrogens (primary N) is 1. The molecular weight excluding hydrogens is 150 g/mol. The third-order valence-corrected chi connectivity index (χ3v) is 2.58. The first-order valence-electron chi connectivity index (χ1n) is 4.44. The van der Waals surface area contributed by atoms with Crippen molar-refractivity contribution < 1.29 is 4.79 Å². The largest absolute Gasteiger partial charge is 0.324 e. The Morgan fingerprint density at radius 3 is 2.58 bits per heavy atom. The SMILES string of the molecule is CC(N)C1=CC(=O)CCC1(C)C. The highest BCUT2D eigenvalue weighted by Gasteiger charge is 2.30. The van der Waals surface area contributed by atoms with Crippen LogP contribution in [-0.2, 0) is 4.79 Å². The summed E-state index contributed by atoms with van der Waals surface area (Å²) in [7, 11) is 0. The summed E-state index contributed by atoms with van der Waals surface area (Å²) >= 11 is 0. The van der Waals surface area contributed by atoms with E-state index in [0.29, 0.717) is 6.42 Å². The van der Waals surface area contributed by atoms with E-state index < -0.39 is 0 Å². The molecule has 12 heavy (non-hydrogen) atoms. The predicted octanol–water partition coefficient (Wildman–Crippen LogP) is 1.65. The minimum Gasteiger partial charge on any atom is -0.324 e. The molecule has 0 aromatic rings. The molecule has 0 radical (unpaired) electrons. The van der Waals surface area contributed by atoms with Crippen LogP contribution >= 0.6 is 0 Å². The van der Waals surface area contributed by atoms with Gasteiger partial charge in [0.2, 0.25) is 0 Å². The lowest BCUT2D eigenvalue weighted by molar-refractivity contribution is -0.115. The van der Waals surface area contributed by atoms with E-state index in [4.69, 9.17) is 5.73 Å². The maximum atomic E-state index is 11.1. The van der Waals surface area contributed by atoms with Crippen molar-refractivity contribution in [2.45, 2.75) is 39.7 Å². The first-order chi connectivity index (χ1) is 5.43. The van der Waals surface area contributed by atoms with Gasteiger partial charge in [0.25, 0.3) is 0 Å². The van der Waals surface area contributed by atoms with Crippen molar-refractivity contribution in [3.8, 4) is 0 Å². The summed E-state index contributed by atoms with van der Waals surface area (Å²) in [5.41, 5.74) is 6.99. The van der Waals surface area contributed by atoms with Gasteiger partial charge in [-0.15, -0.1) is 0 Å². The Labute approximate surface area is 73.8 Å². The van der Waals surface area contributed by atoms with E-state index >= 15 is 0 Å². The first-order valence-corrected chi connectivity index (χ1v) is 4.44. The zero-order valence-electron chi connectivity index (χ0n) is 8.05. The van der Waals surface area contributed by atoms with Gasteiger partial charge in [-0.2, -0.15) is 0 Å². The smallest absolute Gasteiger partial charge is 0.155 e. The molecular formula is C10H17NO. The van der Waals surface area contributed by atoms with Gasteiger partial charge in [-0.3, -0.25) is 4.79 Å². The second kappa shape index (κ2) is 3.02. The number of carbonyl (C=O) groups is 1. The fourth-order valence-corrected chi connectivity index (χ4v) is 1.77. The van der Waals surface area contributed by atoms with Crippen molar-refractivity contribution in [2.24, 2.45) is 11.1 Å². The number of hydrogen-bond donors (Lipinski definition) is 1. The number of allylic oxidation sites excluding steroid dienone is 1. The lowest BCUT2D eigenvalue weighted by Crippen LogP contribution is -2.32. The summed E-state index contributed by atoms with van der Waals surface area (Å²) in [6, 6.07) is 0.00394. The highest BCUT2D eigenvalue weighted by atomic mass is 16.1. The quantitative estimate of drug-likeness (QED) is 0.645. The van der Waals surface area contributed by atoms with Gasteiger partial charge in [0, 0.05) is 12.5 Å². The summed E-state index contributed by atoms with van der Waals surface area (Å²) in [6.07, 6.45) is 3.33. The van der Waals surface area contributed by atoms with Crippen molar-refractivity contribution >= 4 is 5.78 Å². The van der Waals surface area contributed by atoms with Gasteiger partial charge in [-0.1, -0.05) is 13.8 Å². The summed E-state index contributed by atoms with van der Waals surface area (Å²) in [4.78, 5) is 11.1. The Balaban J connectivity index is 2.96. The molecule has 2 nitrogen and oxygen atoms in total. The molecule has 0 saturated carbocycles. The predicted molar refractivity (Wildman–Crippen MR) is 49.8 cm³/mol. The molecule has 0 spiro atoms. The fourth-order valence-electron chi connectivity index (χ4n) is 1.77. The van der Waals surface area contributed by atoms with Crippen LogP contribution in [0.4, 0.5) is 0 Å². The van der Waals surface area contributed by atoms with Gasteiger partial charge >= 0.3 is 0 Å². The highest BCUT2D eigenvalue weighted by Crippen LogP contribution is 2.36. The average Bonchev–Trinajstić information content (AvgIpc) is 1.94. The minimum atomic E-state index is 0.00394. The summed E-state index contributed by atoms with van der Waals surface area (Å²) in [5, 5.41) is 0. The molecule has 2 N–H and O–H groups in total. The monoisotopic (exact) mass is 167 g/mol. The van der Waals surface area contributed by atoms with Gasteiger partial charge in [0.05, 0.1) is 0 Å². The van der Waals surface area contributed by atoms with E-state index in [1.165, 1.54) is 0 Å². The molecule has 0 bridgehead atoms. The second-order valence-corrected chi connectivity index (χ2v) is 4.24. The third kappa shape index (κ3) is 1.75. The first kappa shape index (κ1) is 9.46. The third-order valence-electron chi connectivity index (χ3n) is 2.58. The van der Waals surface area contributed by atoms with Crippen molar-refractivity contribution in [1.29, 1.82) is 0 Å². The van der Waals surface area contributed by atoms with Crippen LogP contribution < -0.4 is 5.73 Å². The van der Waals surface area contributed by atoms with Gasteiger partial charge in [0.1, 0.15) is 0 Å². The molecule has 2 heteroatoms. The van der Waals surface area contributed by atoms with Gasteiger partial charge in [0.15, 0.2) is 5.78 Å². The van der Waals surface area contributed by atoms with Crippen molar-refractivity contribution in [3.05, 3.63) is 11.6 Å². The second-order valence-electron chi connectivity index (χ2n) is 4.24. The molecule has 0 aromatic heterocycles. The number of hydrogen-bond acceptors (Lipinski definition) is 2. The Bertz CT molecular complexity index is 226. The van der Waals surface area contributed by atoms with Crippen LogP contribution in [0.1, 0.15) is 33.6 Å². The maximum Gasteiger partial charge on any atom is 0.155 e. The average molecular weight is 167 g/mol. The molecule has 1 atom stereocenters. The van der Waals surface area contributed by atoms with Gasteiger partial charge in [-0.25, -0.2) is 0 Å². The summed E-state index contributed by atoms with van der Waals surface area (Å²) in [6.45, 7) is 6.23. The molecule has 0 aliphatic heterocycles. The van der Waals surface area contributed by atoms with E-state index in [-0.39, 0.29) is 17.2 Å².